The molecular formula is C47H31N5. The Morgan fingerprint density at radius 1 is 0.327 bits per heavy atom. The molecule has 244 valence electrons. The van der Waals surface area contributed by atoms with Crippen molar-refractivity contribution < 1.29 is 0 Å². The van der Waals surface area contributed by atoms with Gasteiger partial charge in [-0.2, -0.15) is 0 Å². The van der Waals surface area contributed by atoms with Crippen molar-refractivity contribution in [1.82, 2.24) is 24.1 Å². The van der Waals surface area contributed by atoms with Crippen LogP contribution in [0.3, 0.4) is 0 Å². The molecule has 0 fully saturated rings. The lowest BCUT2D eigenvalue weighted by Gasteiger charge is -2.11. The summed E-state index contributed by atoms with van der Waals surface area (Å²) in [5.41, 5.74) is 10.9. The number of nitrogens with zero attached hydrogens (tertiary/aromatic N) is 5. The van der Waals surface area contributed by atoms with Crippen molar-refractivity contribution in [3.8, 4) is 56.7 Å². The van der Waals surface area contributed by atoms with Crippen LogP contribution in [-0.4, -0.2) is 24.1 Å². The summed E-state index contributed by atoms with van der Waals surface area (Å²) >= 11 is 0. The van der Waals surface area contributed by atoms with Crippen LogP contribution < -0.4 is 0 Å². The van der Waals surface area contributed by atoms with Gasteiger partial charge in [0, 0.05) is 50.4 Å². The van der Waals surface area contributed by atoms with Crippen molar-refractivity contribution in [2.75, 3.05) is 0 Å². The highest BCUT2D eigenvalue weighted by Gasteiger charge is 2.17. The van der Waals surface area contributed by atoms with Gasteiger partial charge in [-0.1, -0.05) is 127 Å². The van der Waals surface area contributed by atoms with E-state index in [-0.39, 0.29) is 0 Å². The second-order valence-corrected chi connectivity index (χ2v) is 12.9. The van der Waals surface area contributed by atoms with Crippen LogP contribution in [0.4, 0.5) is 0 Å². The van der Waals surface area contributed by atoms with E-state index in [1.807, 2.05) is 60.7 Å². The zero-order valence-corrected chi connectivity index (χ0v) is 28.1. The van der Waals surface area contributed by atoms with Gasteiger partial charge in [-0.15, -0.1) is 0 Å². The molecule has 0 unspecified atom stereocenters. The SMILES string of the molecule is c1ccc(-c2nc(-c3ccccc3)nc(-c3cccc(-c4ccc(-n5c6ccccc6c6c7ccn(-c8ccccc8)c7ccc65)cc4)c3)n2)cc1. The Kier molecular flexibility index (Phi) is 7.07. The van der Waals surface area contributed by atoms with Crippen LogP contribution >= 0.6 is 0 Å². The first-order valence-electron chi connectivity index (χ1n) is 17.5. The van der Waals surface area contributed by atoms with Crippen molar-refractivity contribution >= 4 is 32.7 Å². The van der Waals surface area contributed by atoms with Crippen molar-refractivity contribution in [1.29, 1.82) is 0 Å². The predicted molar refractivity (Wildman–Crippen MR) is 213 cm³/mol. The van der Waals surface area contributed by atoms with Gasteiger partial charge >= 0.3 is 0 Å². The zero-order valence-electron chi connectivity index (χ0n) is 28.1. The van der Waals surface area contributed by atoms with Crippen LogP contribution in [0.1, 0.15) is 0 Å². The van der Waals surface area contributed by atoms with Gasteiger partial charge < -0.3 is 9.13 Å². The maximum absolute atomic E-state index is 4.95. The van der Waals surface area contributed by atoms with E-state index in [0.29, 0.717) is 17.5 Å². The Bertz CT molecular complexity index is 2810. The predicted octanol–water partition coefficient (Wildman–Crippen LogP) is 11.6. The molecule has 0 radical (unpaired) electrons. The quantitative estimate of drug-likeness (QED) is 0.178. The number of hydrogen-bond acceptors (Lipinski definition) is 3. The molecule has 10 aromatic rings. The van der Waals surface area contributed by atoms with E-state index < -0.39 is 0 Å². The van der Waals surface area contributed by atoms with E-state index in [1.54, 1.807) is 0 Å². The fourth-order valence-electron chi connectivity index (χ4n) is 7.35. The minimum Gasteiger partial charge on any atom is -0.317 e. The fourth-order valence-corrected chi connectivity index (χ4v) is 7.35. The summed E-state index contributed by atoms with van der Waals surface area (Å²) in [6, 6.07) is 63.5. The molecule has 0 N–H and O–H groups in total. The van der Waals surface area contributed by atoms with E-state index >= 15 is 0 Å². The Balaban J connectivity index is 1.05. The minimum atomic E-state index is 0.642. The highest BCUT2D eigenvalue weighted by Crippen LogP contribution is 2.38. The van der Waals surface area contributed by atoms with E-state index in [0.717, 1.165) is 39.2 Å². The van der Waals surface area contributed by atoms with Crippen LogP contribution in [0.5, 0.6) is 0 Å². The largest absolute Gasteiger partial charge is 0.317 e. The third-order valence-corrected chi connectivity index (χ3v) is 9.82. The van der Waals surface area contributed by atoms with Gasteiger partial charge in [0.05, 0.1) is 16.6 Å². The molecule has 7 aromatic carbocycles. The molecule has 52 heavy (non-hydrogen) atoms. The van der Waals surface area contributed by atoms with Crippen molar-refractivity contribution in [2.24, 2.45) is 0 Å². The molecule has 3 aromatic heterocycles. The summed E-state index contributed by atoms with van der Waals surface area (Å²) in [5, 5.41) is 3.75. The van der Waals surface area contributed by atoms with E-state index in [1.165, 1.54) is 32.7 Å². The third-order valence-electron chi connectivity index (χ3n) is 9.82. The van der Waals surface area contributed by atoms with Gasteiger partial charge in [0.1, 0.15) is 0 Å². The van der Waals surface area contributed by atoms with Crippen LogP contribution in [0.15, 0.2) is 188 Å². The fraction of sp³-hybridized carbons (Fsp3) is 0. The molecule has 0 atom stereocenters. The molecule has 0 spiro atoms. The summed E-state index contributed by atoms with van der Waals surface area (Å²) in [7, 11) is 0. The number of benzene rings is 7. The molecule has 0 aliphatic rings. The first kappa shape index (κ1) is 29.8. The average molecular weight is 666 g/mol. The van der Waals surface area contributed by atoms with Gasteiger partial charge in [-0.05, 0) is 65.7 Å². The molecule has 0 amide bonds. The first-order valence-corrected chi connectivity index (χ1v) is 17.5. The maximum Gasteiger partial charge on any atom is 0.164 e. The Morgan fingerprint density at radius 3 is 1.56 bits per heavy atom. The van der Waals surface area contributed by atoms with Crippen molar-refractivity contribution in [2.45, 2.75) is 0 Å². The van der Waals surface area contributed by atoms with Crippen molar-refractivity contribution in [3.63, 3.8) is 0 Å². The summed E-state index contributed by atoms with van der Waals surface area (Å²) in [4.78, 5) is 14.8. The summed E-state index contributed by atoms with van der Waals surface area (Å²) in [6.45, 7) is 0. The lowest BCUT2D eigenvalue weighted by molar-refractivity contribution is 1.07. The standard InChI is InChI=1S/C47H31N5/c1-4-13-33(14-5-1)45-48-46(34-15-6-2-7-16-34)50-47(49-45)36-18-12-17-35(31-36)32-23-25-38(26-24-32)52-42-22-11-10-21-39(42)44-40-29-30-51(37-19-8-3-9-20-37)41(40)27-28-43(44)52/h1-31H. The van der Waals surface area contributed by atoms with Crippen molar-refractivity contribution in [3.05, 3.63) is 188 Å². The molecule has 0 saturated carbocycles. The molecule has 3 heterocycles. The molecule has 5 nitrogen and oxygen atoms in total. The molecule has 0 bridgehead atoms. The molecule has 0 aliphatic heterocycles. The Hall–Kier alpha value is -7.11. The maximum atomic E-state index is 4.95. The average Bonchev–Trinajstić information content (AvgIpc) is 3.81. The summed E-state index contributed by atoms with van der Waals surface area (Å²) < 4.78 is 4.65. The van der Waals surface area contributed by atoms with Crippen LogP contribution in [0, 0.1) is 0 Å². The lowest BCUT2D eigenvalue weighted by Crippen LogP contribution is -2.00. The number of hydrogen-bond donors (Lipinski definition) is 0. The minimum absolute atomic E-state index is 0.642. The molecule has 5 heteroatoms. The molecule has 10 rings (SSSR count). The van der Waals surface area contributed by atoms with Gasteiger partial charge in [0.25, 0.3) is 0 Å². The van der Waals surface area contributed by atoms with E-state index in [2.05, 4.69) is 137 Å². The number of para-hydroxylation sites is 2. The van der Waals surface area contributed by atoms with Crippen LogP contribution in [0.25, 0.3) is 89.4 Å². The van der Waals surface area contributed by atoms with Gasteiger partial charge in [0.15, 0.2) is 17.5 Å². The number of aromatic nitrogens is 5. The van der Waals surface area contributed by atoms with Gasteiger partial charge in [0.2, 0.25) is 0 Å². The molecule has 0 saturated heterocycles. The third kappa shape index (κ3) is 5.07. The number of fused-ring (bicyclic) bond motifs is 5. The lowest BCUT2D eigenvalue weighted by atomic mass is 10.0. The smallest absolute Gasteiger partial charge is 0.164 e. The first-order chi connectivity index (χ1) is 25.8. The van der Waals surface area contributed by atoms with Gasteiger partial charge in [-0.3, -0.25) is 0 Å². The molecule has 0 aliphatic carbocycles. The second kappa shape index (κ2) is 12.3. The zero-order chi connectivity index (χ0) is 34.4. The van der Waals surface area contributed by atoms with Crippen LogP contribution in [0.2, 0.25) is 0 Å². The highest BCUT2D eigenvalue weighted by atomic mass is 15.0. The highest BCUT2D eigenvalue weighted by molar-refractivity contribution is 6.21. The van der Waals surface area contributed by atoms with Gasteiger partial charge in [-0.25, -0.2) is 15.0 Å². The van der Waals surface area contributed by atoms with Crippen LogP contribution in [-0.2, 0) is 0 Å². The topological polar surface area (TPSA) is 48.5 Å². The monoisotopic (exact) mass is 665 g/mol. The van der Waals surface area contributed by atoms with E-state index in [9.17, 15) is 0 Å². The number of rotatable bonds is 6. The normalized spacial score (nSPS) is 11.5. The van der Waals surface area contributed by atoms with E-state index in [4.69, 9.17) is 15.0 Å². The Labute approximate surface area is 300 Å². The summed E-state index contributed by atoms with van der Waals surface area (Å²) in [6.07, 6.45) is 2.18. The second-order valence-electron chi connectivity index (χ2n) is 12.9. The Morgan fingerprint density at radius 2 is 0.865 bits per heavy atom. The summed E-state index contributed by atoms with van der Waals surface area (Å²) in [5.74, 6) is 1.95. The molecular weight excluding hydrogens is 635 g/mol.